The largest absolute Gasteiger partial charge is 0.493 e. The molecule has 130 valence electrons. The molecular weight excluding hydrogens is 308 g/mol. The first-order chi connectivity index (χ1) is 11.6. The second kappa shape index (κ2) is 6.71. The Morgan fingerprint density at radius 1 is 1.21 bits per heavy atom. The van der Waals surface area contributed by atoms with Crippen molar-refractivity contribution in [2.45, 2.75) is 26.3 Å². The van der Waals surface area contributed by atoms with Crippen LogP contribution in [0.25, 0.3) is 0 Å². The van der Waals surface area contributed by atoms with Gasteiger partial charge in [0.05, 0.1) is 20.1 Å². The van der Waals surface area contributed by atoms with Crippen LogP contribution < -0.4 is 9.47 Å². The Kier molecular flexibility index (Phi) is 4.64. The summed E-state index contributed by atoms with van der Waals surface area (Å²) >= 11 is 0. The van der Waals surface area contributed by atoms with Gasteiger partial charge in [-0.2, -0.15) is 0 Å². The predicted octanol–water partition coefficient (Wildman–Crippen LogP) is 1.46. The van der Waals surface area contributed by atoms with Gasteiger partial charge in [0.15, 0.2) is 11.5 Å². The molecule has 0 radical (unpaired) electrons. The highest BCUT2D eigenvalue weighted by Crippen LogP contribution is 2.34. The van der Waals surface area contributed by atoms with Crippen molar-refractivity contribution in [1.29, 1.82) is 0 Å². The molecule has 2 heterocycles. The van der Waals surface area contributed by atoms with Crippen LogP contribution in [0.1, 0.15) is 24.5 Å². The number of benzene rings is 1. The number of likely N-dealkylation sites (tertiary alicyclic amines) is 1. The number of methoxy groups -OCH3 is 2. The van der Waals surface area contributed by atoms with Gasteiger partial charge in [-0.3, -0.25) is 9.59 Å². The van der Waals surface area contributed by atoms with E-state index in [1.54, 1.807) is 19.1 Å². The average molecular weight is 332 g/mol. The van der Waals surface area contributed by atoms with Crippen LogP contribution in [0.4, 0.5) is 0 Å². The van der Waals surface area contributed by atoms with Gasteiger partial charge in [0.25, 0.3) is 0 Å². The summed E-state index contributed by atoms with van der Waals surface area (Å²) in [6, 6.07) is 3.94. The number of fused-ring (bicyclic) bond motifs is 1. The van der Waals surface area contributed by atoms with Gasteiger partial charge in [0.2, 0.25) is 11.8 Å². The summed E-state index contributed by atoms with van der Waals surface area (Å²) in [5, 5.41) is 0. The Morgan fingerprint density at radius 3 is 2.46 bits per heavy atom. The highest BCUT2D eigenvalue weighted by atomic mass is 16.5. The zero-order valence-electron chi connectivity index (χ0n) is 14.5. The number of hydrogen-bond donors (Lipinski definition) is 0. The summed E-state index contributed by atoms with van der Waals surface area (Å²) in [6.07, 6.45) is 1.13. The van der Waals surface area contributed by atoms with E-state index in [-0.39, 0.29) is 17.7 Å². The molecule has 3 rings (SSSR count). The van der Waals surface area contributed by atoms with E-state index in [0.29, 0.717) is 38.3 Å². The highest BCUT2D eigenvalue weighted by Gasteiger charge is 2.36. The minimum absolute atomic E-state index is 0.0830. The van der Waals surface area contributed by atoms with E-state index in [0.717, 1.165) is 17.7 Å². The molecule has 1 atom stereocenters. The van der Waals surface area contributed by atoms with Gasteiger partial charge in [-0.05, 0) is 36.6 Å². The molecule has 24 heavy (non-hydrogen) atoms. The number of carbonyl (C=O) groups excluding carboxylic acids is 2. The monoisotopic (exact) mass is 332 g/mol. The van der Waals surface area contributed by atoms with Crippen LogP contribution in [-0.4, -0.2) is 55.5 Å². The number of amides is 2. The van der Waals surface area contributed by atoms with Crippen LogP contribution in [-0.2, 0) is 22.6 Å². The Morgan fingerprint density at radius 2 is 1.88 bits per heavy atom. The highest BCUT2D eigenvalue weighted by molar-refractivity contribution is 5.89. The lowest BCUT2D eigenvalue weighted by Gasteiger charge is -2.31. The van der Waals surface area contributed by atoms with Crippen molar-refractivity contribution in [1.82, 2.24) is 9.80 Å². The SMILES string of the molecule is CCN1C[C@H](C(=O)N2CCc3cc(OC)c(OC)cc3C2)CC1=O. The van der Waals surface area contributed by atoms with Gasteiger partial charge in [0, 0.05) is 32.6 Å². The molecule has 0 unspecified atom stereocenters. The lowest BCUT2D eigenvalue weighted by molar-refractivity contribution is -0.136. The van der Waals surface area contributed by atoms with E-state index >= 15 is 0 Å². The molecule has 1 fully saturated rings. The zero-order chi connectivity index (χ0) is 17.3. The quantitative estimate of drug-likeness (QED) is 0.837. The van der Waals surface area contributed by atoms with E-state index in [1.165, 1.54) is 5.56 Å². The molecule has 0 aromatic heterocycles. The van der Waals surface area contributed by atoms with Crippen LogP contribution >= 0.6 is 0 Å². The molecule has 0 N–H and O–H groups in total. The Bertz CT molecular complexity index is 659. The van der Waals surface area contributed by atoms with Gasteiger partial charge in [-0.25, -0.2) is 0 Å². The lowest BCUT2D eigenvalue weighted by atomic mass is 9.97. The van der Waals surface area contributed by atoms with Crippen LogP contribution in [0.3, 0.4) is 0 Å². The molecule has 0 saturated carbocycles. The molecule has 1 aromatic rings. The van der Waals surface area contributed by atoms with E-state index in [1.807, 2.05) is 24.0 Å². The molecule has 2 amide bonds. The molecule has 1 aromatic carbocycles. The standard InChI is InChI=1S/C18H24N2O4/c1-4-19-11-14(9-17(19)21)18(22)20-6-5-12-7-15(23-2)16(24-3)8-13(12)10-20/h7-8,14H,4-6,9-11H2,1-3H3/t14-/m1/s1. The molecule has 1 saturated heterocycles. The predicted molar refractivity (Wildman–Crippen MR) is 89.0 cm³/mol. The smallest absolute Gasteiger partial charge is 0.228 e. The van der Waals surface area contributed by atoms with Gasteiger partial charge < -0.3 is 19.3 Å². The third kappa shape index (κ3) is 2.92. The van der Waals surface area contributed by atoms with Crippen molar-refractivity contribution < 1.29 is 19.1 Å². The first kappa shape index (κ1) is 16.6. The molecule has 0 aliphatic carbocycles. The molecule has 6 heteroatoms. The molecule has 0 spiro atoms. The van der Waals surface area contributed by atoms with Crippen molar-refractivity contribution in [3.63, 3.8) is 0 Å². The number of hydrogen-bond acceptors (Lipinski definition) is 4. The molecular formula is C18H24N2O4. The minimum Gasteiger partial charge on any atom is -0.493 e. The molecule has 6 nitrogen and oxygen atoms in total. The van der Waals surface area contributed by atoms with E-state index in [9.17, 15) is 9.59 Å². The first-order valence-electron chi connectivity index (χ1n) is 8.37. The number of ether oxygens (including phenoxy) is 2. The molecule has 0 bridgehead atoms. The number of carbonyl (C=O) groups is 2. The van der Waals surface area contributed by atoms with E-state index < -0.39 is 0 Å². The fourth-order valence-electron chi connectivity index (χ4n) is 3.57. The van der Waals surface area contributed by atoms with Crippen molar-refractivity contribution in [3.8, 4) is 11.5 Å². The van der Waals surface area contributed by atoms with Crippen LogP contribution in [0.5, 0.6) is 11.5 Å². The first-order valence-corrected chi connectivity index (χ1v) is 8.37. The van der Waals surface area contributed by atoms with Crippen LogP contribution in [0.2, 0.25) is 0 Å². The lowest BCUT2D eigenvalue weighted by Crippen LogP contribution is -2.40. The van der Waals surface area contributed by atoms with Crippen molar-refractivity contribution in [3.05, 3.63) is 23.3 Å². The fourth-order valence-corrected chi connectivity index (χ4v) is 3.57. The Labute approximate surface area is 142 Å². The van der Waals surface area contributed by atoms with Gasteiger partial charge >= 0.3 is 0 Å². The Hall–Kier alpha value is -2.24. The van der Waals surface area contributed by atoms with Crippen LogP contribution in [0, 0.1) is 5.92 Å². The van der Waals surface area contributed by atoms with E-state index in [2.05, 4.69) is 0 Å². The summed E-state index contributed by atoms with van der Waals surface area (Å²) in [5.74, 6) is 1.35. The summed E-state index contributed by atoms with van der Waals surface area (Å²) < 4.78 is 10.7. The third-order valence-corrected chi connectivity index (χ3v) is 4.98. The molecule has 2 aliphatic heterocycles. The number of rotatable bonds is 4. The Balaban J connectivity index is 1.75. The van der Waals surface area contributed by atoms with Crippen molar-refractivity contribution >= 4 is 11.8 Å². The normalized spacial score (nSPS) is 20.1. The average Bonchev–Trinajstić information content (AvgIpc) is 3.00. The maximum Gasteiger partial charge on any atom is 0.228 e. The third-order valence-electron chi connectivity index (χ3n) is 4.98. The zero-order valence-corrected chi connectivity index (χ0v) is 14.5. The summed E-state index contributed by atoms with van der Waals surface area (Å²) in [7, 11) is 3.24. The molecule has 2 aliphatic rings. The summed E-state index contributed by atoms with van der Waals surface area (Å²) in [6.45, 7) is 4.40. The fraction of sp³-hybridized carbons (Fsp3) is 0.556. The van der Waals surface area contributed by atoms with Crippen molar-refractivity contribution in [2.75, 3.05) is 33.9 Å². The van der Waals surface area contributed by atoms with Gasteiger partial charge in [-0.15, -0.1) is 0 Å². The van der Waals surface area contributed by atoms with Crippen LogP contribution in [0.15, 0.2) is 12.1 Å². The van der Waals surface area contributed by atoms with Crippen molar-refractivity contribution in [2.24, 2.45) is 5.92 Å². The maximum absolute atomic E-state index is 12.8. The van der Waals surface area contributed by atoms with Gasteiger partial charge in [-0.1, -0.05) is 0 Å². The maximum atomic E-state index is 12.8. The number of nitrogens with zero attached hydrogens (tertiary/aromatic N) is 2. The minimum atomic E-state index is -0.209. The topological polar surface area (TPSA) is 59.1 Å². The van der Waals surface area contributed by atoms with Gasteiger partial charge in [0.1, 0.15) is 0 Å². The van der Waals surface area contributed by atoms with E-state index in [4.69, 9.17) is 9.47 Å². The summed E-state index contributed by atoms with van der Waals surface area (Å²) in [4.78, 5) is 28.3. The second-order valence-electron chi connectivity index (χ2n) is 6.32. The summed E-state index contributed by atoms with van der Waals surface area (Å²) in [5.41, 5.74) is 2.28. The second-order valence-corrected chi connectivity index (χ2v) is 6.32.